The Morgan fingerprint density at radius 1 is 1.53 bits per heavy atom. The van der Waals surface area contributed by atoms with E-state index in [9.17, 15) is 4.79 Å². The molecule has 0 spiro atoms. The number of aromatic nitrogens is 1. The number of carbonyl (C=O) groups is 1. The van der Waals surface area contributed by atoms with Gasteiger partial charge in [0.05, 0.1) is 17.5 Å². The first kappa shape index (κ1) is 9.45. The lowest BCUT2D eigenvalue weighted by molar-refractivity contribution is -0.132. The molecule has 76 valence electrons. The van der Waals surface area contributed by atoms with Gasteiger partial charge >= 0.3 is 5.97 Å². The molecule has 2 rings (SSSR count). The van der Waals surface area contributed by atoms with Gasteiger partial charge in [-0.15, -0.1) is 0 Å². The quantitative estimate of drug-likeness (QED) is 0.788. The zero-order valence-electron chi connectivity index (χ0n) is 8.00. The van der Waals surface area contributed by atoms with Crippen LogP contribution in [0.1, 0.15) is 0 Å². The maximum absolute atomic E-state index is 10.8. The number of hydrogen-bond donors (Lipinski definition) is 1. The number of carboxylic acids is 1. The molecule has 0 saturated heterocycles. The van der Waals surface area contributed by atoms with Crippen LogP contribution in [0.25, 0.3) is 0 Å². The summed E-state index contributed by atoms with van der Waals surface area (Å²) < 4.78 is 0. The van der Waals surface area contributed by atoms with Gasteiger partial charge in [-0.05, 0) is 18.2 Å². The Kier molecular flexibility index (Phi) is 2.49. The SMILES string of the molecule is O=C(O)C1=CN(c2cccnc2)CC=C1. The minimum Gasteiger partial charge on any atom is -0.478 e. The van der Waals surface area contributed by atoms with Crippen LogP contribution >= 0.6 is 0 Å². The lowest BCUT2D eigenvalue weighted by atomic mass is 10.2. The summed E-state index contributed by atoms with van der Waals surface area (Å²) in [5.74, 6) is -0.917. The minimum atomic E-state index is -0.917. The van der Waals surface area contributed by atoms with E-state index in [4.69, 9.17) is 5.11 Å². The van der Waals surface area contributed by atoms with Gasteiger partial charge in [-0.2, -0.15) is 0 Å². The van der Waals surface area contributed by atoms with Crippen LogP contribution in [-0.2, 0) is 4.79 Å². The van der Waals surface area contributed by atoms with Gasteiger partial charge in [-0.25, -0.2) is 4.79 Å². The van der Waals surface area contributed by atoms with Crippen LogP contribution in [0.15, 0.2) is 48.5 Å². The fraction of sp³-hybridized carbons (Fsp3) is 0.0909. The van der Waals surface area contributed by atoms with Gasteiger partial charge in [-0.1, -0.05) is 6.08 Å². The zero-order chi connectivity index (χ0) is 10.7. The molecule has 0 radical (unpaired) electrons. The molecule has 0 saturated carbocycles. The lowest BCUT2D eigenvalue weighted by Gasteiger charge is -2.21. The lowest BCUT2D eigenvalue weighted by Crippen LogP contribution is -2.21. The van der Waals surface area contributed by atoms with Crippen LogP contribution in [-0.4, -0.2) is 22.6 Å². The van der Waals surface area contributed by atoms with E-state index < -0.39 is 5.97 Å². The summed E-state index contributed by atoms with van der Waals surface area (Å²) >= 11 is 0. The van der Waals surface area contributed by atoms with Crippen molar-refractivity contribution < 1.29 is 9.90 Å². The molecule has 0 unspecified atom stereocenters. The number of nitrogens with zero attached hydrogens (tertiary/aromatic N) is 2. The molecule has 1 aliphatic rings. The molecule has 2 heterocycles. The highest BCUT2D eigenvalue weighted by atomic mass is 16.4. The van der Waals surface area contributed by atoms with Crippen molar-refractivity contribution in [3.05, 3.63) is 48.5 Å². The zero-order valence-corrected chi connectivity index (χ0v) is 8.00. The van der Waals surface area contributed by atoms with Crippen LogP contribution in [0.4, 0.5) is 5.69 Å². The van der Waals surface area contributed by atoms with E-state index in [1.165, 1.54) is 0 Å². The third-order valence-corrected chi connectivity index (χ3v) is 2.12. The summed E-state index contributed by atoms with van der Waals surface area (Å²) in [5, 5.41) is 8.84. The molecule has 4 heteroatoms. The number of pyridine rings is 1. The monoisotopic (exact) mass is 202 g/mol. The van der Waals surface area contributed by atoms with Crippen molar-refractivity contribution in [1.29, 1.82) is 0 Å². The third-order valence-electron chi connectivity index (χ3n) is 2.12. The fourth-order valence-electron chi connectivity index (χ4n) is 1.39. The van der Waals surface area contributed by atoms with Crippen LogP contribution in [0.2, 0.25) is 0 Å². The first-order chi connectivity index (χ1) is 7.27. The Labute approximate surface area is 87.2 Å². The molecule has 0 amide bonds. The second-order valence-corrected chi connectivity index (χ2v) is 3.16. The number of anilines is 1. The van der Waals surface area contributed by atoms with Crippen molar-refractivity contribution in [2.24, 2.45) is 0 Å². The normalized spacial score (nSPS) is 14.9. The number of aliphatic carboxylic acids is 1. The minimum absolute atomic E-state index is 0.283. The van der Waals surface area contributed by atoms with Gasteiger partial charge in [0.2, 0.25) is 0 Å². The molecule has 0 fully saturated rings. The van der Waals surface area contributed by atoms with Crippen molar-refractivity contribution in [3.8, 4) is 0 Å². The number of rotatable bonds is 2. The predicted molar refractivity (Wildman–Crippen MR) is 56.4 cm³/mol. The Morgan fingerprint density at radius 3 is 3.07 bits per heavy atom. The van der Waals surface area contributed by atoms with Crippen LogP contribution in [0.3, 0.4) is 0 Å². The molecule has 4 nitrogen and oxygen atoms in total. The standard InChI is InChI=1S/C11H10N2O2/c14-11(15)9-3-2-6-13(8-9)10-4-1-5-12-7-10/h1-5,7-8H,6H2,(H,14,15). The Morgan fingerprint density at radius 2 is 2.40 bits per heavy atom. The molecule has 0 aliphatic carbocycles. The average Bonchev–Trinajstić information content (AvgIpc) is 2.30. The second-order valence-electron chi connectivity index (χ2n) is 3.16. The molecule has 1 aliphatic heterocycles. The topological polar surface area (TPSA) is 53.4 Å². The van der Waals surface area contributed by atoms with Crippen molar-refractivity contribution in [1.82, 2.24) is 4.98 Å². The second kappa shape index (κ2) is 3.96. The van der Waals surface area contributed by atoms with E-state index in [0.29, 0.717) is 6.54 Å². The smallest absolute Gasteiger partial charge is 0.337 e. The summed E-state index contributed by atoms with van der Waals surface area (Å²) in [6.07, 6.45) is 8.42. The molecular formula is C11H10N2O2. The van der Waals surface area contributed by atoms with E-state index in [2.05, 4.69) is 4.98 Å². The maximum atomic E-state index is 10.8. The summed E-state index contributed by atoms with van der Waals surface area (Å²) in [7, 11) is 0. The molecule has 0 bridgehead atoms. The Balaban J connectivity index is 2.27. The number of carboxylic acid groups (broad SMARTS) is 1. The highest BCUT2D eigenvalue weighted by molar-refractivity contribution is 5.90. The fourth-order valence-corrected chi connectivity index (χ4v) is 1.39. The number of hydrogen-bond acceptors (Lipinski definition) is 3. The summed E-state index contributed by atoms with van der Waals surface area (Å²) in [6.45, 7) is 0.669. The van der Waals surface area contributed by atoms with E-state index in [1.807, 2.05) is 23.1 Å². The van der Waals surface area contributed by atoms with Gasteiger partial charge in [-0.3, -0.25) is 4.98 Å². The van der Waals surface area contributed by atoms with Crippen molar-refractivity contribution in [3.63, 3.8) is 0 Å². The maximum Gasteiger partial charge on any atom is 0.337 e. The largest absolute Gasteiger partial charge is 0.478 e. The van der Waals surface area contributed by atoms with Gasteiger partial charge in [0.15, 0.2) is 0 Å². The Bertz CT molecular complexity index is 423. The first-order valence-electron chi connectivity index (χ1n) is 4.56. The first-order valence-corrected chi connectivity index (χ1v) is 4.56. The highest BCUT2D eigenvalue weighted by Crippen LogP contribution is 2.17. The molecule has 1 aromatic rings. The van der Waals surface area contributed by atoms with Gasteiger partial charge in [0.1, 0.15) is 0 Å². The van der Waals surface area contributed by atoms with E-state index in [1.54, 1.807) is 24.7 Å². The van der Waals surface area contributed by atoms with Crippen molar-refractivity contribution in [2.45, 2.75) is 0 Å². The van der Waals surface area contributed by atoms with E-state index in [-0.39, 0.29) is 5.57 Å². The Hall–Kier alpha value is -2.10. The molecular weight excluding hydrogens is 192 g/mol. The van der Waals surface area contributed by atoms with Gasteiger partial charge in [0.25, 0.3) is 0 Å². The van der Waals surface area contributed by atoms with Crippen molar-refractivity contribution >= 4 is 11.7 Å². The third kappa shape index (κ3) is 2.04. The van der Waals surface area contributed by atoms with Crippen LogP contribution < -0.4 is 4.90 Å². The van der Waals surface area contributed by atoms with E-state index >= 15 is 0 Å². The molecule has 0 aromatic carbocycles. The molecule has 0 atom stereocenters. The predicted octanol–water partition coefficient (Wildman–Crippen LogP) is 1.43. The molecule has 15 heavy (non-hydrogen) atoms. The van der Waals surface area contributed by atoms with Crippen LogP contribution in [0, 0.1) is 0 Å². The van der Waals surface area contributed by atoms with E-state index in [0.717, 1.165) is 5.69 Å². The summed E-state index contributed by atoms with van der Waals surface area (Å²) in [4.78, 5) is 16.6. The van der Waals surface area contributed by atoms with Crippen LogP contribution in [0.5, 0.6) is 0 Å². The van der Waals surface area contributed by atoms with Gasteiger partial charge < -0.3 is 10.0 Å². The highest BCUT2D eigenvalue weighted by Gasteiger charge is 2.11. The summed E-state index contributed by atoms with van der Waals surface area (Å²) in [6, 6.07) is 3.71. The molecule has 1 N–H and O–H groups in total. The molecule has 1 aromatic heterocycles. The average molecular weight is 202 g/mol. The van der Waals surface area contributed by atoms with Crippen molar-refractivity contribution in [2.75, 3.05) is 11.4 Å². The summed E-state index contributed by atoms with van der Waals surface area (Å²) in [5.41, 5.74) is 1.17. The van der Waals surface area contributed by atoms with Gasteiger partial charge in [0, 0.05) is 18.9 Å².